The van der Waals surface area contributed by atoms with Gasteiger partial charge in [0.2, 0.25) is 5.28 Å². The first-order valence-electron chi connectivity index (χ1n) is 5.09. The molecule has 1 heterocycles. The van der Waals surface area contributed by atoms with E-state index in [-0.39, 0.29) is 5.28 Å². The molecule has 1 aliphatic carbocycles. The number of halogens is 2. The van der Waals surface area contributed by atoms with Gasteiger partial charge < -0.3 is 5.32 Å². The van der Waals surface area contributed by atoms with Gasteiger partial charge in [-0.2, -0.15) is 4.98 Å². The van der Waals surface area contributed by atoms with Crippen LogP contribution in [0, 0.1) is 5.92 Å². The molecular weight excluding hydrogens is 233 g/mol. The van der Waals surface area contributed by atoms with Crippen LogP contribution in [0.25, 0.3) is 0 Å². The van der Waals surface area contributed by atoms with Gasteiger partial charge in [-0.1, -0.05) is 24.4 Å². The molecule has 15 heavy (non-hydrogen) atoms. The highest BCUT2D eigenvalue weighted by Gasteiger charge is 2.23. The van der Waals surface area contributed by atoms with E-state index in [0.29, 0.717) is 16.9 Å². The lowest BCUT2D eigenvalue weighted by Crippen LogP contribution is -2.17. The van der Waals surface area contributed by atoms with Crippen LogP contribution in [0.5, 0.6) is 0 Å². The third kappa shape index (κ3) is 3.21. The molecule has 3 nitrogen and oxygen atoms in total. The van der Waals surface area contributed by atoms with Gasteiger partial charge in [-0.3, -0.25) is 0 Å². The van der Waals surface area contributed by atoms with Crippen LogP contribution in [0.2, 0.25) is 10.3 Å². The van der Waals surface area contributed by atoms with E-state index < -0.39 is 0 Å². The SMILES string of the molecule is CC(CC1CC1)Nc1nc(Cl)ncc1Cl. The van der Waals surface area contributed by atoms with Gasteiger partial charge in [0.05, 0.1) is 6.20 Å². The fourth-order valence-corrected chi connectivity index (χ4v) is 1.87. The molecule has 1 aromatic rings. The molecule has 0 amide bonds. The summed E-state index contributed by atoms with van der Waals surface area (Å²) in [6.07, 6.45) is 5.38. The molecule has 0 spiro atoms. The maximum absolute atomic E-state index is 5.95. The van der Waals surface area contributed by atoms with Crippen LogP contribution in [0.4, 0.5) is 5.82 Å². The highest BCUT2D eigenvalue weighted by atomic mass is 35.5. The van der Waals surface area contributed by atoms with Crippen molar-refractivity contribution < 1.29 is 0 Å². The Kier molecular flexibility index (Phi) is 3.32. The summed E-state index contributed by atoms with van der Waals surface area (Å²) in [7, 11) is 0. The van der Waals surface area contributed by atoms with Crippen molar-refractivity contribution in [3.05, 3.63) is 16.5 Å². The standard InChI is InChI=1S/C10H13Cl2N3/c1-6(4-7-2-3-7)14-9-8(11)5-13-10(12)15-9/h5-7H,2-4H2,1H3,(H,13,14,15). The first kappa shape index (κ1) is 11.0. The molecular formula is C10H13Cl2N3. The third-order valence-electron chi connectivity index (χ3n) is 2.48. The number of anilines is 1. The number of aromatic nitrogens is 2. The van der Waals surface area contributed by atoms with E-state index in [1.165, 1.54) is 19.0 Å². The minimum atomic E-state index is 0.223. The van der Waals surface area contributed by atoms with Crippen LogP contribution in [0.1, 0.15) is 26.2 Å². The second-order valence-electron chi connectivity index (χ2n) is 4.06. The van der Waals surface area contributed by atoms with E-state index in [1.807, 2.05) is 0 Å². The van der Waals surface area contributed by atoms with Gasteiger partial charge in [-0.05, 0) is 30.9 Å². The number of hydrogen-bond donors (Lipinski definition) is 1. The van der Waals surface area contributed by atoms with E-state index in [2.05, 4.69) is 22.2 Å². The van der Waals surface area contributed by atoms with Gasteiger partial charge in [-0.15, -0.1) is 0 Å². The Morgan fingerprint density at radius 1 is 1.53 bits per heavy atom. The Morgan fingerprint density at radius 3 is 2.93 bits per heavy atom. The van der Waals surface area contributed by atoms with Crippen LogP contribution < -0.4 is 5.32 Å². The molecule has 0 radical (unpaired) electrons. The number of hydrogen-bond acceptors (Lipinski definition) is 3. The van der Waals surface area contributed by atoms with Gasteiger partial charge in [0.15, 0.2) is 0 Å². The Hall–Kier alpha value is -0.540. The zero-order valence-electron chi connectivity index (χ0n) is 8.50. The van der Waals surface area contributed by atoms with Crippen LogP contribution in [0.3, 0.4) is 0 Å². The Bertz CT molecular complexity index is 353. The largest absolute Gasteiger partial charge is 0.366 e. The van der Waals surface area contributed by atoms with Crippen molar-refractivity contribution in [1.82, 2.24) is 9.97 Å². The van der Waals surface area contributed by atoms with E-state index >= 15 is 0 Å². The van der Waals surface area contributed by atoms with Crippen LogP contribution in [-0.2, 0) is 0 Å². The summed E-state index contributed by atoms with van der Waals surface area (Å²) in [6.45, 7) is 2.13. The fraction of sp³-hybridized carbons (Fsp3) is 0.600. The third-order valence-corrected chi connectivity index (χ3v) is 2.94. The number of rotatable bonds is 4. The lowest BCUT2D eigenvalue weighted by Gasteiger charge is -2.14. The average Bonchev–Trinajstić information content (AvgIpc) is 2.95. The Labute approximate surface area is 99.2 Å². The Balaban J connectivity index is 1.98. The van der Waals surface area contributed by atoms with Gasteiger partial charge in [0, 0.05) is 6.04 Å². The van der Waals surface area contributed by atoms with E-state index in [1.54, 1.807) is 0 Å². The van der Waals surface area contributed by atoms with Gasteiger partial charge in [0.25, 0.3) is 0 Å². The maximum atomic E-state index is 5.95. The predicted octanol–water partition coefficient (Wildman–Crippen LogP) is 3.38. The molecule has 1 aromatic heterocycles. The summed E-state index contributed by atoms with van der Waals surface area (Å²) in [4.78, 5) is 7.85. The lowest BCUT2D eigenvalue weighted by molar-refractivity contribution is 0.640. The van der Waals surface area contributed by atoms with Crippen molar-refractivity contribution >= 4 is 29.0 Å². The van der Waals surface area contributed by atoms with Gasteiger partial charge >= 0.3 is 0 Å². The topological polar surface area (TPSA) is 37.8 Å². The van der Waals surface area contributed by atoms with Crippen LogP contribution >= 0.6 is 23.2 Å². The molecule has 82 valence electrons. The molecule has 5 heteroatoms. The van der Waals surface area contributed by atoms with Crippen molar-refractivity contribution in [2.75, 3.05) is 5.32 Å². The molecule has 1 fully saturated rings. The zero-order chi connectivity index (χ0) is 10.8. The van der Waals surface area contributed by atoms with E-state index in [4.69, 9.17) is 23.2 Å². The summed E-state index contributed by atoms with van der Waals surface area (Å²) >= 11 is 11.6. The van der Waals surface area contributed by atoms with Crippen molar-refractivity contribution in [2.24, 2.45) is 5.92 Å². The molecule has 0 aliphatic heterocycles. The van der Waals surface area contributed by atoms with Crippen molar-refractivity contribution in [2.45, 2.75) is 32.2 Å². The fourth-order valence-electron chi connectivity index (χ4n) is 1.59. The molecule has 1 aliphatic rings. The zero-order valence-corrected chi connectivity index (χ0v) is 10.0. The summed E-state index contributed by atoms with van der Waals surface area (Å²) in [6, 6.07) is 0.376. The molecule has 1 unspecified atom stereocenters. The summed E-state index contributed by atoms with van der Waals surface area (Å²) in [5.41, 5.74) is 0. The van der Waals surface area contributed by atoms with E-state index in [0.717, 1.165) is 12.3 Å². The second kappa shape index (κ2) is 4.54. The summed E-state index contributed by atoms with van der Waals surface area (Å²) in [5.74, 6) is 1.51. The molecule has 1 atom stereocenters. The highest BCUT2D eigenvalue weighted by molar-refractivity contribution is 6.33. The monoisotopic (exact) mass is 245 g/mol. The summed E-state index contributed by atoms with van der Waals surface area (Å²) in [5, 5.41) is 3.99. The van der Waals surface area contributed by atoms with Crippen molar-refractivity contribution in [3.8, 4) is 0 Å². The average molecular weight is 246 g/mol. The smallest absolute Gasteiger partial charge is 0.224 e. The van der Waals surface area contributed by atoms with Crippen molar-refractivity contribution in [3.63, 3.8) is 0 Å². The maximum Gasteiger partial charge on any atom is 0.224 e. The minimum Gasteiger partial charge on any atom is -0.366 e. The normalized spacial score (nSPS) is 17.5. The van der Waals surface area contributed by atoms with Crippen molar-refractivity contribution in [1.29, 1.82) is 0 Å². The minimum absolute atomic E-state index is 0.223. The first-order valence-corrected chi connectivity index (χ1v) is 5.85. The lowest BCUT2D eigenvalue weighted by atomic mass is 10.1. The predicted molar refractivity (Wildman–Crippen MR) is 62.5 cm³/mol. The van der Waals surface area contributed by atoms with Crippen LogP contribution in [0.15, 0.2) is 6.20 Å². The molecule has 0 aromatic carbocycles. The molecule has 0 saturated heterocycles. The number of nitrogens with one attached hydrogen (secondary N) is 1. The molecule has 0 bridgehead atoms. The number of nitrogens with zero attached hydrogens (tertiary/aromatic N) is 2. The van der Waals surface area contributed by atoms with Crippen LogP contribution in [-0.4, -0.2) is 16.0 Å². The van der Waals surface area contributed by atoms with Gasteiger partial charge in [-0.25, -0.2) is 4.98 Å². The first-order chi connectivity index (χ1) is 7.15. The quantitative estimate of drug-likeness (QED) is 0.827. The molecule has 2 rings (SSSR count). The Morgan fingerprint density at radius 2 is 2.27 bits per heavy atom. The summed E-state index contributed by atoms with van der Waals surface area (Å²) < 4.78 is 0. The van der Waals surface area contributed by atoms with E-state index in [9.17, 15) is 0 Å². The van der Waals surface area contributed by atoms with Gasteiger partial charge in [0.1, 0.15) is 10.8 Å². The molecule has 1 saturated carbocycles. The highest BCUT2D eigenvalue weighted by Crippen LogP contribution is 2.34. The molecule has 1 N–H and O–H groups in total. The second-order valence-corrected chi connectivity index (χ2v) is 4.81.